The Morgan fingerprint density at radius 2 is 1.57 bits per heavy atom. The Balaban J connectivity index is 1.32. The molecule has 0 N–H and O–H groups in total. The van der Waals surface area contributed by atoms with E-state index in [0.29, 0.717) is 0 Å². The van der Waals surface area contributed by atoms with E-state index in [4.69, 9.17) is 4.42 Å². The standard InChI is InChI=1S/C24H32N2O2/c1-16-11-21-20-7-8-25(15-22(20)24(27)28-23(21)12-17(16)2)9-10-26-13-18-3-4-19(14-26)6-5-18/h11-12,18-19H,3-10,13-15H2,1-2H3. The van der Waals surface area contributed by atoms with Gasteiger partial charge in [-0.3, -0.25) is 4.90 Å². The van der Waals surface area contributed by atoms with Crippen LogP contribution in [0.5, 0.6) is 0 Å². The molecule has 3 fully saturated rings. The first-order chi connectivity index (χ1) is 13.6. The lowest BCUT2D eigenvalue weighted by Crippen LogP contribution is -2.40. The maximum atomic E-state index is 12.7. The predicted molar refractivity (Wildman–Crippen MR) is 113 cm³/mol. The summed E-state index contributed by atoms with van der Waals surface area (Å²) in [5.74, 6) is 1.84. The largest absolute Gasteiger partial charge is 0.422 e. The summed E-state index contributed by atoms with van der Waals surface area (Å²) in [7, 11) is 0. The van der Waals surface area contributed by atoms with E-state index in [1.165, 1.54) is 55.5 Å². The highest BCUT2D eigenvalue weighted by molar-refractivity contribution is 5.83. The van der Waals surface area contributed by atoms with Gasteiger partial charge in [0.2, 0.25) is 0 Å². The fourth-order valence-electron chi connectivity index (χ4n) is 5.63. The van der Waals surface area contributed by atoms with Crippen molar-refractivity contribution < 1.29 is 4.42 Å². The van der Waals surface area contributed by atoms with Crippen molar-refractivity contribution in [2.45, 2.75) is 52.5 Å². The van der Waals surface area contributed by atoms with Gasteiger partial charge in [0.1, 0.15) is 5.58 Å². The van der Waals surface area contributed by atoms with Crippen LogP contribution in [0.15, 0.2) is 21.3 Å². The molecule has 1 aromatic carbocycles. The number of rotatable bonds is 3. The minimum Gasteiger partial charge on any atom is -0.422 e. The van der Waals surface area contributed by atoms with Gasteiger partial charge < -0.3 is 9.32 Å². The molecule has 0 amide bonds. The number of aryl methyl sites for hydroxylation is 2. The minimum absolute atomic E-state index is 0.136. The molecule has 4 nitrogen and oxygen atoms in total. The summed E-state index contributed by atoms with van der Waals surface area (Å²) in [5, 5.41) is 1.14. The molecule has 0 atom stereocenters. The molecule has 2 bridgehead atoms. The maximum Gasteiger partial charge on any atom is 0.341 e. The average Bonchev–Trinajstić information content (AvgIpc) is 3.01. The average molecular weight is 381 g/mol. The van der Waals surface area contributed by atoms with Crippen LogP contribution in [-0.4, -0.2) is 42.5 Å². The van der Waals surface area contributed by atoms with Gasteiger partial charge in [-0.1, -0.05) is 0 Å². The van der Waals surface area contributed by atoms with Crippen molar-refractivity contribution in [3.63, 3.8) is 0 Å². The van der Waals surface area contributed by atoms with Gasteiger partial charge in [-0.2, -0.15) is 0 Å². The number of fused-ring (bicyclic) bond motifs is 7. The highest BCUT2D eigenvalue weighted by Crippen LogP contribution is 2.34. The molecular formula is C24H32N2O2. The van der Waals surface area contributed by atoms with Crippen molar-refractivity contribution in [3.05, 3.63) is 44.8 Å². The second kappa shape index (κ2) is 7.31. The van der Waals surface area contributed by atoms with Gasteiger partial charge in [0, 0.05) is 44.7 Å². The van der Waals surface area contributed by atoms with Gasteiger partial charge in [-0.25, -0.2) is 4.79 Å². The Hall–Kier alpha value is -1.65. The van der Waals surface area contributed by atoms with Crippen molar-refractivity contribution in [2.24, 2.45) is 11.8 Å². The molecule has 1 aromatic heterocycles. The normalized spacial score (nSPS) is 25.8. The second-order valence-corrected chi connectivity index (χ2v) is 9.45. The van der Waals surface area contributed by atoms with Crippen LogP contribution in [0.25, 0.3) is 11.0 Å². The van der Waals surface area contributed by atoms with E-state index in [1.807, 2.05) is 6.07 Å². The van der Waals surface area contributed by atoms with Crippen molar-refractivity contribution in [2.75, 3.05) is 32.7 Å². The Morgan fingerprint density at radius 1 is 0.929 bits per heavy atom. The molecule has 1 aliphatic carbocycles. The SMILES string of the molecule is Cc1cc2oc(=O)c3c(c2cc1C)CCN(CCN1CC2CCC(CC2)C1)C3. The first-order valence-electron chi connectivity index (χ1n) is 11.1. The van der Waals surface area contributed by atoms with Gasteiger partial charge in [-0.05, 0) is 86.6 Å². The van der Waals surface area contributed by atoms with E-state index in [2.05, 4.69) is 29.7 Å². The van der Waals surface area contributed by atoms with Crippen molar-refractivity contribution in [1.82, 2.24) is 9.80 Å². The third-order valence-corrected chi connectivity index (χ3v) is 7.53. The Labute approximate surface area is 167 Å². The first kappa shape index (κ1) is 18.4. The van der Waals surface area contributed by atoms with E-state index in [1.54, 1.807) is 0 Å². The molecule has 28 heavy (non-hydrogen) atoms. The molecule has 2 saturated heterocycles. The zero-order chi connectivity index (χ0) is 19.3. The molecule has 4 heteroatoms. The number of nitrogens with zero attached hydrogens (tertiary/aromatic N) is 2. The summed E-state index contributed by atoms with van der Waals surface area (Å²) in [6, 6.07) is 4.22. The van der Waals surface area contributed by atoms with Crippen molar-refractivity contribution >= 4 is 11.0 Å². The van der Waals surface area contributed by atoms with Gasteiger partial charge in [-0.15, -0.1) is 0 Å². The molecule has 0 spiro atoms. The summed E-state index contributed by atoms with van der Waals surface area (Å²) in [6.45, 7) is 10.8. The lowest BCUT2D eigenvalue weighted by Gasteiger charge is -2.31. The van der Waals surface area contributed by atoms with E-state index >= 15 is 0 Å². The molecule has 4 heterocycles. The predicted octanol–water partition coefficient (Wildman–Crippen LogP) is 3.89. The molecule has 0 unspecified atom stereocenters. The fourth-order valence-corrected chi connectivity index (χ4v) is 5.63. The Kier molecular flexibility index (Phi) is 4.80. The van der Waals surface area contributed by atoms with Crippen LogP contribution < -0.4 is 5.63 Å². The molecule has 4 aliphatic rings. The second-order valence-electron chi connectivity index (χ2n) is 9.45. The van der Waals surface area contributed by atoms with E-state index in [-0.39, 0.29) is 5.63 Å². The number of hydrogen-bond donors (Lipinski definition) is 0. The zero-order valence-corrected chi connectivity index (χ0v) is 17.3. The van der Waals surface area contributed by atoms with Crippen LogP contribution >= 0.6 is 0 Å². The quantitative estimate of drug-likeness (QED) is 0.757. The molecule has 2 aromatic rings. The lowest BCUT2D eigenvalue weighted by atomic mass is 9.84. The summed E-state index contributed by atoms with van der Waals surface area (Å²) in [5.41, 5.74) is 5.17. The highest BCUT2D eigenvalue weighted by atomic mass is 16.4. The topological polar surface area (TPSA) is 36.7 Å². The molecular weight excluding hydrogens is 348 g/mol. The van der Waals surface area contributed by atoms with Crippen LogP contribution in [0.4, 0.5) is 0 Å². The third kappa shape index (κ3) is 3.42. The van der Waals surface area contributed by atoms with Gasteiger partial charge in [0.05, 0.1) is 5.56 Å². The molecule has 6 rings (SSSR count). The van der Waals surface area contributed by atoms with Gasteiger partial charge >= 0.3 is 5.63 Å². The smallest absolute Gasteiger partial charge is 0.341 e. The van der Waals surface area contributed by atoms with Crippen molar-refractivity contribution in [1.29, 1.82) is 0 Å². The third-order valence-electron chi connectivity index (χ3n) is 7.53. The molecule has 1 saturated carbocycles. The highest BCUT2D eigenvalue weighted by Gasteiger charge is 2.30. The van der Waals surface area contributed by atoms with Gasteiger partial charge in [0.15, 0.2) is 0 Å². The number of hydrogen-bond acceptors (Lipinski definition) is 4. The van der Waals surface area contributed by atoms with Crippen LogP contribution in [-0.2, 0) is 13.0 Å². The molecule has 0 radical (unpaired) electrons. The van der Waals surface area contributed by atoms with Crippen LogP contribution in [0.2, 0.25) is 0 Å². The Morgan fingerprint density at radius 3 is 2.29 bits per heavy atom. The number of benzene rings is 1. The fraction of sp³-hybridized carbons (Fsp3) is 0.625. The molecule has 3 aliphatic heterocycles. The summed E-state index contributed by atoms with van der Waals surface area (Å²) in [6.07, 6.45) is 6.69. The summed E-state index contributed by atoms with van der Waals surface area (Å²) >= 11 is 0. The lowest BCUT2D eigenvalue weighted by molar-refractivity contribution is 0.182. The van der Waals surface area contributed by atoms with Crippen molar-refractivity contribution in [3.8, 4) is 0 Å². The summed E-state index contributed by atoms with van der Waals surface area (Å²) < 4.78 is 5.70. The Bertz CT molecular complexity index is 926. The zero-order valence-electron chi connectivity index (χ0n) is 17.3. The monoisotopic (exact) mass is 380 g/mol. The van der Waals surface area contributed by atoms with Gasteiger partial charge in [0.25, 0.3) is 0 Å². The minimum atomic E-state index is -0.136. The van der Waals surface area contributed by atoms with Crippen LogP contribution in [0, 0.1) is 25.7 Å². The first-order valence-corrected chi connectivity index (χ1v) is 11.1. The van der Waals surface area contributed by atoms with E-state index < -0.39 is 0 Å². The molecule has 150 valence electrons. The summed E-state index contributed by atoms with van der Waals surface area (Å²) in [4.78, 5) is 17.8. The van der Waals surface area contributed by atoms with Crippen LogP contribution in [0.3, 0.4) is 0 Å². The maximum absolute atomic E-state index is 12.7. The van der Waals surface area contributed by atoms with Crippen LogP contribution in [0.1, 0.15) is 47.9 Å². The van der Waals surface area contributed by atoms with E-state index in [9.17, 15) is 4.79 Å². The van der Waals surface area contributed by atoms with E-state index in [0.717, 1.165) is 61.0 Å².